The SMILES string of the molecule is N=C(N)c1ccccc1OCc1ccc(F)c(Cl)c1. The number of rotatable bonds is 4. The molecule has 0 heterocycles. The maximum absolute atomic E-state index is 13.0. The number of nitrogens with one attached hydrogen (secondary N) is 1. The highest BCUT2D eigenvalue weighted by atomic mass is 35.5. The number of nitrogen functional groups attached to an aromatic ring is 1. The van der Waals surface area contributed by atoms with Crippen LogP contribution in [0, 0.1) is 11.2 Å². The van der Waals surface area contributed by atoms with Crippen molar-refractivity contribution in [2.45, 2.75) is 6.61 Å². The molecule has 0 aliphatic rings. The Kier molecular flexibility index (Phi) is 4.02. The second-order valence-corrected chi connectivity index (χ2v) is 4.35. The van der Waals surface area contributed by atoms with Crippen molar-refractivity contribution in [2.75, 3.05) is 0 Å². The van der Waals surface area contributed by atoms with Crippen LogP contribution in [0.1, 0.15) is 11.1 Å². The third kappa shape index (κ3) is 3.23. The van der Waals surface area contributed by atoms with E-state index in [0.29, 0.717) is 11.3 Å². The summed E-state index contributed by atoms with van der Waals surface area (Å²) in [6, 6.07) is 11.4. The van der Waals surface area contributed by atoms with E-state index in [-0.39, 0.29) is 17.5 Å². The van der Waals surface area contributed by atoms with Crippen LogP contribution in [0.3, 0.4) is 0 Å². The van der Waals surface area contributed by atoms with Crippen LogP contribution in [-0.2, 0) is 6.61 Å². The molecule has 2 aromatic rings. The van der Waals surface area contributed by atoms with Gasteiger partial charge in [-0.05, 0) is 29.8 Å². The van der Waals surface area contributed by atoms with Gasteiger partial charge in [0.25, 0.3) is 0 Å². The molecule has 0 radical (unpaired) electrons. The Morgan fingerprint density at radius 2 is 2.00 bits per heavy atom. The number of halogens is 2. The predicted octanol–water partition coefficient (Wildman–Crippen LogP) is 3.34. The van der Waals surface area contributed by atoms with Gasteiger partial charge in [0.05, 0.1) is 10.6 Å². The molecule has 0 saturated carbocycles. The van der Waals surface area contributed by atoms with Gasteiger partial charge < -0.3 is 10.5 Å². The van der Waals surface area contributed by atoms with Crippen LogP contribution in [0.4, 0.5) is 4.39 Å². The zero-order valence-corrected chi connectivity index (χ0v) is 10.7. The maximum atomic E-state index is 13.0. The van der Waals surface area contributed by atoms with Crippen molar-refractivity contribution in [3.8, 4) is 5.75 Å². The van der Waals surface area contributed by atoms with Crippen LogP contribution < -0.4 is 10.5 Å². The second kappa shape index (κ2) is 5.71. The number of nitrogens with two attached hydrogens (primary N) is 1. The van der Waals surface area contributed by atoms with E-state index >= 15 is 0 Å². The molecule has 98 valence electrons. The minimum absolute atomic E-state index is 0.0564. The fraction of sp³-hybridized carbons (Fsp3) is 0.0714. The van der Waals surface area contributed by atoms with E-state index in [2.05, 4.69) is 0 Å². The number of ether oxygens (including phenoxy) is 1. The Balaban J connectivity index is 2.14. The van der Waals surface area contributed by atoms with Gasteiger partial charge in [0.15, 0.2) is 0 Å². The van der Waals surface area contributed by atoms with Gasteiger partial charge in [-0.15, -0.1) is 0 Å². The van der Waals surface area contributed by atoms with Gasteiger partial charge in [-0.1, -0.05) is 29.8 Å². The Morgan fingerprint density at radius 3 is 2.68 bits per heavy atom. The Bertz CT molecular complexity index is 616. The summed E-state index contributed by atoms with van der Waals surface area (Å²) in [5, 5.41) is 7.51. The van der Waals surface area contributed by atoms with E-state index < -0.39 is 5.82 Å². The summed E-state index contributed by atoms with van der Waals surface area (Å²) in [7, 11) is 0. The highest BCUT2D eigenvalue weighted by Gasteiger charge is 2.06. The summed E-state index contributed by atoms with van der Waals surface area (Å²) < 4.78 is 18.6. The van der Waals surface area contributed by atoms with Crippen molar-refractivity contribution >= 4 is 17.4 Å². The van der Waals surface area contributed by atoms with E-state index in [1.54, 1.807) is 30.3 Å². The lowest BCUT2D eigenvalue weighted by Gasteiger charge is -2.10. The minimum Gasteiger partial charge on any atom is -0.488 e. The molecule has 0 unspecified atom stereocenters. The lowest BCUT2D eigenvalue weighted by Crippen LogP contribution is -2.13. The monoisotopic (exact) mass is 278 g/mol. The summed E-state index contributed by atoms with van der Waals surface area (Å²) in [6.45, 7) is 0.226. The van der Waals surface area contributed by atoms with Gasteiger partial charge in [0, 0.05) is 0 Å². The largest absolute Gasteiger partial charge is 0.488 e. The Morgan fingerprint density at radius 1 is 1.26 bits per heavy atom. The molecule has 0 saturated heterocycles. The van der Waals surface area contributed by atoms with E-state index in [1.807, 2.05) is 0 Å². The normalized spacial score (nSPS) is 10.2. The summed E-state index contributed by atoms with van der Waals surface area (Å²) in [5.41, 5.74) is 6.72. The number of hydrogen-bond acceptors (Lipinski definition) is 2. The zero-order valence-electron chi connectivity index (χ0n) is 9.99. The van der Waals surface area contributed by atoms with E-state index in [4.69, 9.17) is 27.5 Å². The molecule has 0 fully saturated rings. The molecule has 3 N–H and O–H groups in total. The van der Waals surface area contributed by atoms with Crippen LogP contribution >= 0.6 is 11.6 Å². The lowest BCUT2D eigenvalue weighted by atomic mass is 10.2. The minimum atomic E-state index is -0.463. The lowest BCUT2D eigenvalue weighted by molar-refractivity contribution is 0.305. The molecular weight excluding hydrogens is 267 g/mol. The van der Waals surface area contributed by atoms with Crippen LogP contribution in [0.5, 0.6) is 5.75 Å². The molecule has 5 heteroatoms. The quantitative estimate of drug-likeness (QED) is 0.666. The van der Waals surface area contributed by atoms with E-state index in [1.165, 1.54) is 12.1 Å². The van der Waals surface area contributed by atoms with E-state index in [9.17, 15) is 4.39 Å². The Labute approximate surface area is 115 Å². The summed E-state index contributed by atoms with van der Waals surface area (Å²) in [5.74, 6) is -0.0160. The first kappa shape index (κ1) is 13.4. The van der Waals surface area contributed by atoms with Crippen molar-refractivity contribution in [3.63, 3.8) is 0 Å². The average Bonchev–Trinajstić information content (AvgIpc) is 2.40. The summed E-state index contributed by atoms with van der Waals surface area (Å²) in [6.07, 6.45) is 0. The van der Waals surface area contributed by atoms with Crippen molar-refractivity contribution in [2.24, 2.45) is 5.73 Å². The highest BCUT2D eigenvalue weighted by Crippen LogP contribution is 2.20. The number of benzene rings is 2. The fourth-order valence-corrected chi connectivity index (χ4v) is 1.81. The van der Waals surface area contributed by atoms with Gasteiger partial charge in [0.2, 0.25) is 0 Å². The highest BCUT2D eigenvalue weighted by molar-refractivity contribution is 6.30. The molecule has 0 aromatic heterocycles. The first-order chi connectivity index (χ1) is 9.08. The van der Waals surface area contributed by atoms with Crippen molar-refractivity contribution in [1.82, 2.24) is 0 Å². The first-order valence-corrected chi connectivity index (χ1v) is 5.96. The number of amidine groups is 1. The summed E-state index contributed by atoms with van der Waals surface area (Å²) >= 11 is 5.69. The third-order valence-electron chi connectivity index (χ3n) is 2.56. The molecule has 0 bridgehead atoms. The molecular formula is C14H12ClFN2O. The summed E-state index contributed by atoms with van der Waals surface area (Å²) in [4.78, 5) is 0. The van der Waals surface area contributed by atoms with Crippen LogP contribution in [0.25, 0.3) is 0 Å². The standard InChI is InChI=1S/C14H12ClFN2O/c15-11-7-9(5-6-12(11)16)8-19-13-4-2-1-3-10(13)14(17)18/h1-7H,8H2,(H3,17,18). The van der Waals surface area contributed by atoms with Crippen molar-refractivity contribution < 1.29 is 9.13 Å². The third-order valence-corrected chi connectivity index (χ3v) is 2.85. The maximum Gasteiger partial charge on any atom is 0.141 e. The van der Waals surface area contributed by atoms with Gasteiger partial charge in [0.1, 0.15) is 24.0 Å². The average molecular weight is 279 g/mol. The van der Waals surface area contributed by atoms with Crippen molar-refractivity contribution in [1.29, 1.82) is 5.41 Å². The van der Waals surface area contributed by atoms with Gasteiger partial charge in [-0.3, -0.25) is 5.41 Å². The van der Waals surface area contributed by atoms with E-state index in [0.717, 1.165) is 5.56 Å². The Hall–Kier alpha value is -2.07. The molecule has 2 aromatic carbocycles. The number of hydrogen-bond donors (Lipinski definition) is 2. The molecule has 0 amide bonds. The fourth-order valence-electron chi connectivity index (χ4n) is 1.61. The molecule has 0 atom stereocenters. The van der Waals surface area contributed by atoms with Gasteiger partial charge in [-0.25, -0.2) is 4.39 Å². The van der Waals surface area contributed by atoms with Crippen molar-refractivity contribution in [3.05, 3.63) is 64.4 Å². The zero-order chi connectivity index (χ0) is 13.8. The van der Waals surface area contributed by atoms with Gasteiger partial charge >= 0.3 is 0 Å². The molecule has 0 aliphatic heterocycles. The van der Waals surface area contributed by atoms with Crippen LogP contribution in [0.2, 0.25) is 5.02 Å². The second-order valence-electron chi connectivity index (χ2n) is 3.95. The molecule has 3 nitrogen and oxygen atoms in total. The molecule has 0 spiro atoms. The molecule has 2 rings (SSSR count). The van der Waals surface area contributed by atoms with Gasteiger partial charge in [-0.2, -0.15) is 0 Å². The first-order valence-electron chi connectivity index (χ1n) is 5.58. The topological polar surface area (TPSA) is 59.1 Å². The predicted molar refractivity (Wildman–Crippen MR) is 73.2 cm³/mol. The molecule has 0 aliphatic carbocycles. The van der Waals surface area contributed by atoms with Crippen LogP contribution in [0.15, 0.2) is 42.5 Å². The smallest absolute Gasteiger partial charge is 0.141 e. The number of para-hydroxylation sites is 1. The molecule has 19 heavy (non-hydrogen) atoms. The van der Waals surface area contributed by atoms with Crippen LogP contribution in [-0.4, -0.2) is 5.84 Å².